The fourth-order valence-corrected chi connectivity index (χ4v) is 1.61. The number of hydrogen-bond acceptors (Lipinski definition) is 1. The molecule has 17 heavy (non-hydrogen) atoms. The summed E-state index contributed by atoms with van der Waals surface area (Å²) in [7, 11) is 0. The molecule has 1 aromatic heterocycles. The van der Waals surface area contributed by atoms with Crippen molar-refractivity contribution in [3.8, 4) is 0 Å². The molecule has 0 spiro atoms. The second kappa shape index (κ2) is 8.74. The summed E-state index contributed by atoms with van der Waals surface area (Å²) >= 11 is 0. The van der Waals surface area contributed by atoms with E-state index in [1.807, 2.05) is 35.2 Å². The van der Waals surface area contributed by atoms with E-state index in [2.05, 4.69) is 12.2 Å². The highest BCUT2D eigenvalue weighted by Crippen LogP contribution is 1.96. The van der Waals surface area contributed by atoms with Crippen molar-refractivity contribution in [2.45, 2.75) is 38.6 Å². The Morgan fingerprint density at radius 3 is 2.59 bits per heavy atom. The molecule has 1 amide bonds. The molecule has 0 aliphatic carbocycles. The highest BCUT2D eigenvalue weighted by molar-refractivity contribution is 5.75. The number of aryl methyl sites for hydroxylation is 1. The van der Waals surface area contributed by atoms with Gasteiger partial charge in [0.2, 0.25) is 5.91 Å². The zero-order valence-corrected chi connectivity index (χ0v) is 10.4. The maximum atomic E-state index is 11.5. The number of amides is 1. The van der Waals surface area contributed by atoms with E-state index in [9.17, 15) is 4.79 Å². The third-order valence-electron chi connectivity index (χ3n) is 2.62. The first-order valence-corrected chi connectivity index (χ1v) is 6.33. The quantitative estimate of drug-likeness (QED) is 0.540. The SMILES string of the molecule is [CH2]CCCCCNC(=O)CC[n+]1ccccc1. The normalized spacial score (nSPS) is 10.2. The Labute approximate surface area is 104 Å². The van der Waals surface area contributed by atoms with E-state index in [1.165, 1.54) is 0 Å². The topological polar surface area (TPSA) is 33.0 Å². The van der Waals surface area contributed by atoms with Gasteiger partial charge in [-0.15, -0.1) is 0 Å². The Morgan fingerprint density at radius 1 is 1.12 bits per heavy atom. The summed E-state index contributed by atoms with van der Waals surface area (Å²) < 4.78 is 2.02. The van der Waals surface area contributed by atoms with Crippen LogP contribution in [-0.4, -0.2) is 12.5 Å². The first-order valence-electron chi connectivity index (χ1n) is 6.33. The standard InChI is InChI=1S/C14H21N2O/c1-2-3-4-6-10-15-14(17)9-13-16-11-7-5-8-12-16/h5,7-8,11-12H,1-4,6,9-10,13H2/p+1. The van der Waals surface area contributed by atoms with Crippen LogP contribution in [0.1, 0.15) is 32.1 Å². The van der Waals surface area contributed by atoms with E-state index in [0.29, 0.717) is 6.42 Å². The Hall–Kier alpha value is -1.38. The lowest BCUT2D eigenvalue weighted by atomic mass is 10.2. The van der Waals surface area contributed by atoms with Crippen molar-refractivity contribution in [3.63, 3.8) is 0 Å². The zero-order chi connectivity index (χ0) is 12.3. The second-order valence-electron chi connectivity index (χ2n) is 4.13. The van der Waals surface area contributed by atoms with Gasteiger partial charge in [0.05, 0.1) is 6.42 Å². The van der Waals surface area contributed by atoms with Crippen LogP contribution < -0.4 is 9.88 Å². The first-order chi connectivity index (χ1) is 8.33. The van der Waals surface area contributed by atoms with E-state index in [-0.39, 0.29) is 5.91 Å². The van der Waals surface area contributed by atoms with Crippen LogP contribution in [-0.2, 0) is 11.3 Å². The largest absolute Gasteiger partial charge is 0.356 e. The second-order valence-corrected chi connectivity index (χ2v) is 4.13. The number of nitrogens with zero attached hydrogens (tertiary/aromatic N) is 1. The van der Waals surface area contributed by atoms with Gasteiger partial charge in [0, 0.05) is 18.7 Å². The van der Waals surface area contributed by atoms with Gasteiger partial charge in [-0.1, -0.05) is 32.3 Å². The fourth-order valence-electron chi connectivity index (χ4n) is 1.61. The molecule has 1 N–H and O–H groups in total. The van der Waals surface area contributed by atoms with Gasteiger partial charge in [-0.05, 0) is 6.42 Å². The van der Waals surface area contributed by atoms with Crippen molar-refractivity contribution >= 4 is 5.91 Å². The molecular weight excluding hydrogens is 212 g/mol. The number of rotatable bonds is 8. The molecular formula is C14H22N2O+. The number of aromatic nitrogens is 1. The Balaban J connectivity index is 2.05. The van der Waals surface area contributed by atoms with Crippen LogP contribution in [0.25, 0.3) is 0 Å². The molecule has 0 aliphatic heterocycles. The summed E-state index contributed by atoms with van der Waals surface area (Å²) in [4.78, 5) is 11.5. The maximum Gasteiger partial charge on any atom is 0.226 e. The number of nitrogens with one attached hydrogen (secondary N) is 1. The number of hydrogen-bond donors (Lipinski definition) is 1. The van der Waals surface area contributed by atoms with Crippen LogP contribution in [0.2, 0.25) is 0 Å². The third-order valence-corrected chi connectivity index (χ3v) is 2.62. The van der Waals surface area contributed by atoms with Crippen LogP contribution in [0, 0.1) is 6.92 Å². The molecule has 1 rings (SSSR count). The summed E-state index contributed by atoms with van der Waals surface area (Å²) in [5, 5.41) is 2.94. The molecule has 0 unspecified atom stereocenters. The minimum absolute atomic E-state index is 0.135. The van der Waals surface area contributed by atoms with Gasteiger partial charge in [-0.25, -0.2) is 4.57 Å². The summed E-state index contributed by atoms with van der Waals surface area (Å²) in [6.07, 6.45) is 8.83. The molecule has 1 aromatic rings. The van der Waals surface area contributed by atoms with Gasteiger partial charge < -0.3 is 5.32 Å². The first kappa shape index (κ1) is 13.7. The smallest absolute Gasteiger partial charge is 0.226 e. The van der Waals surface area contributed by atoms with Crippen LogP contribution in [0.15, 0.2) is 30.6 Å². The average molecular weight is 234 g/mol. The van der Waals surface area contributed by atoms with Gasteiger partial charge in [-0.2, -0.15) is 0 Å². The van der Waals surface area contributed by atoms with E-state index >= 15 is 0 Å². The fraction of sp³-hybridized carbons (Fsp3) is 0.500. The summed E-state index contributed by atoms with van der Waals surface area (Å²) in [6.45, 7) is 5.32. The molecule has 0 saturated carbocycles. The van der Waals surface area contributed by atoms with Gasteiger partial charge in [0.25, 0.3) is 0 Å². The van der Waals surface area contributed by atoms with Crippen LogP contribution in [0.4, 0.5) is 0 Å². The van der Waals surface area contributed by atoms with Crippen molar-refractivity contribution in [1.29, 1.82) is 0 Å². The molecule has 0 fully saturated rings. The Bertz CT molecular complexity index is 311. The lowest BCUT2D eigenvalue weighted by Gasteiger charge is -2.03. The van der Waals surface area contributed by atoms with Gasteiger partial charge in [0.1, 0.15) is 0 Å². The highest BCUT2D eigenvalue weighted by atomic mass is 16.1. The Morgan fingerprint density at radius 2 is 1.88 bits per heavy atom. The molecule has 0 aliphatic rings. The van der Waals surface area contributed by atoms with Crippen molar-refractivity contribution in [2.75, 3.05) is 6.54 Å². The van der Waals surface area contributed by atoms with Crippen molar-refractivity contribution in [1.82, 2.24) is 5.32 Å². The van der Waals surface area contributed by atoms with E-state index in [1.54, 1.807) is 0 Å². The molecule has 3 nitrogen and oxygen atoms in total. The van der Waals surface area contributed by atoms with Gasteiger partial charge >= 0.3 is 0 Å². The Kier molecular flexibility index (Phi) is 7.03. The zero-order valence-electron chi connectivity index (χ0n) is 10.4. The molecule has 1 heterocycles. The number of carbonyl (C=O) groups is 1. The molecule has 0 saturated heterocycles. The maximum absolute atomic E-state index is 11.5. The summed E-state index contributed by atoms with van der Waals surface area (Å²) in [5.74, 6) is 0.135. The number of unbranched alkanes of at least 4 members (excludes halogenated alkanes) is 3. The predicted molar refractivity (Wildman–Crippen MR) is 68.1 cm³/mol. The summed E-state index contributed by atoms with van der Waals surface area (Å²) in [5.41, 5.74) is 0. The van der Waals surface area contributed by atoms with E-state index < -0.39 is 0 Å². The van der Waals surface area contributed by atoms with Crippen LogP contribution in [0.5, 0.6) is 0 Å². The lowest BCUT2D eigenvalue weighted by Crippen LogP contribution is -2.36. The monoisotopic (exact) mass is 234 g/mol. The van der Waals surface area contributed by atoms with Crippen molar-refractivity contribution in [3.05, 3.63) is 37.5 Å². The van der Waals surface area contributed by atoms with Crippen molar-refractivity contribution < 1.29 is 9.36 Å². The van der Waals surface area contributed by atoms with Crippen LogP contribution >= 0.6 is 0 Å². The average Bonchev–Trinajstić information content (AvgIpc) is 2.37. The molecule has 0 bridgehead atoms. The number of carbonyl (C=O) groups excluding carboxylic acids is 1. The minimum atomic E-state index is 0.135. The molecule has 93 valence electrons. The summed E-state index contributed by atoms with van der Waals surface area (Å²) in [6, 6.07) is 5.91. The molecule has 3 heteroatoms. The number of pyridine rings is 1. The highest BCUT2D eigenvalue weighted by Gasteiger charge is 2.04. The third kappa shape index (κ3) is 6.72. The predicted octanol–water partition coefficient (Wildman–Crippen LogP) is 1.87. The van der Waals surface area contributed by atoms with Gasteiger partial charge in [0.15, 0.2) is 18.9 Å². The van der Waals surface area contributed by atoms with Crippen molar-refractivity contribution in [2.24, 2.45) is 0 Å². The van der Waals surface area contributed by atoms with E-state index in [0.717, 1.165) is 38.8 Å². The molecule has 0 atom stereocenters. The van der Waals surface area contributed by atoms with Gasteiger partial charge in [-0.3, -0.25) is 4.79 Å². The molecule has 0 aromatic carbocycles. The molecule has 1 radical (unpaired) electrons. The van der Waals surface area contributed by atoms with Crippen LogP contribution in [0.3, 0.4) is 0 Å². The minimum Gasteiger partial charge on any atom is -0.356 e. The lowest BCUT2D eigenvalue weighted by molar-refractivity contribution is -0.695. The van der Waals surface area contributed by atoms with E-state index in [4.69, 9.17) is 0 Å².